The fourth-order valence-corrected chi connectivity index (χ4v) is 2.88. The molecule has 1 heterocycles. The molecule has 2 rings (SSSR count). The van der Waals surface area contributed by atoms with Gasteiger partial charge in [0.25, 0.3) is 5.91 Å². The van der Waals surface area contributed by atoms with Gasteiger partial charge >= 0.3 is 0 Å². The van der Waals surface area contributed by atoms with E-state index < -0.39 is 0 Å². The molecule has 1 saturated heterocycles. The molecule has 0 spiro atoms. The molecular weight excluding hydrogens is 363 g/mol. The van der Waals surface area contributed by atoms with Crippen molar-refractivity contribution >= 4 is 40.7 Å². The third kappa shape index (κ3) is 6.36. The van der Waals surface area contributed by atoms with E-state index in [9.17, 15) is 4.79 Å². The number of hydrogen-bond acceptors (Lipinski definition) is 3. The summed E-state index contributed by atoms with van der Waals surface area (Å²) >= 11 is 17.7. The Morgan fingerprint density at radius 3 is 2.61 bits per heavy atom. The first-order valence-corrected chi connectivity index (χ1v) is 8.65. The normalized spacial score (nSPS) is 15.4. The zero-order valence-corrected chi connectivity index (χ0v) is 14.9. The number of ether oxygens (including phenoxy) is 2. The number of benzene rings is 1. The Bertz CT molecular complexity index is 537. The van der Waals surface area contributed by atoms with Gasteiger partial charge < -0.3 is 19.7 Å². The van der Waals surface area contributed by atoms with E-state index >= 15 is 0 Å². The second-order valence-corrected chi connectivity index (χ2v) is 6.52. The topological polar surface area (TPSA) is 52.0 Å². The Morgan fingerprint density at radius 2 is 1.87 bits per heavy atom. The number of morpholine rings is 1. The van der Waals surface area contributed by atoms with Crippen LogP contribution in [0, 0.1) is 0 Å². The zero-order chi connectivity index (χ0) is 16.7. The molecule has 5 nitrogen and oxygen atoms in total. The van der Waals surface area contributed by atoms with Crippen molar-refractivity contribution in [1.29, 1.82) is 0 Å². The summed E-state index contributed by atoms with van der Waals surface area (Å²) in [7, 11) is 0. The molecule has 0 bridgehead atoms. The van der Waals surface area contributed by atoms with Gasteiger partial charge in [-0.05, 0) is 6.07 Å². The van der Waals surface area contributed by atoms with Crippen molar-refractivity contribution in [3.05, 3.63) is 27.2 Å². The number of quaternary nitrogens is 1. The third-order valence-electron chi connectivity index (χ3n) is 3.56. The van der Waals surface area contributed by atoms with E-state index in [1.807, 2.05) is 0 Å². The smallest absolute Gasteiger partial charge is 0.257 e. The minimum absolute atomic E-state index is 0.109. The Morgan fingerprint density at radius 1 is 1.17 bits per heavy atom. The van der Waals surface area contributed by atoms with Gasteiger partial charge in [0, 0.05) is 19.0 Å². The van der Waals surface area contributed by atoms with E-state index in [1.165, 1.54) is 17.0 Å². The predicted octanol–water partition coefficient (Wildman–Crippen LogP) is 1.45. The molecule has 0 atom stereocenters. The maximum absolute atomic E-state index is 11.8. The standard InChI is InChI=1S/C15H19Cl3N2O3/c16-11-8-13(18)14(9-12(11)17)23-10-15(21)19-2-1-3-20-4-6-22-7-5-20/h8-9H,1-7,10H2,(H,19,21)/p+1. The molecule has 1 aliphatic rings. The van der Waals surface area contributed by atoms with Crippen LogP contribution in [0.1, 0.15) is 6.42 Å². The molecule has 0 saturated carbocycles. The van der Waals surface area contributed by atoms with E-state index in [0.717, 1.165) is 39.3 Å². The summed E-state index contributed by atoms with van der Waals surface area (Å²) in [5.41, 5.74) is 0. The Balaban J connectivity index is 1.64. The third-order valence-corrected chi connectivity index (χ3v) is 4.58. The van der Waals surface area contributed by atoms with Crippen molar-refractivity contribution in [2.24, 2.45) is 0 Å². The molecule has 128 valence electrons. The number of amides is 1. The van der Waals surface area contributed by atoms with Crippen molar-refractivity contribution < 1.29 is 19.2 Å². The fourth-order valence-electron chi connectivity index (χ4n) is 2.29. The average Bonchev–Trinajstić information content (AvgIpc) is 2.55. The fraction of sp³-hybridized carbons (Fsp3) is 0.533. The molecule has 1 aliphatic heterocycles. The minimum Gasteiger partial charge on any atom is -0.482 e. The Hall–Kier alpha value is -0.720. The lowest BCUT2D eigenvalue weighted by atomic mass is 10.3. The second kappa shape index (κ2) is 9.55. The largest absolute Gasteiger partial charge is 0.482 e. The lowest BCUT2D eigenvalue weighted by Gasteiger charge is -2.23. The molecule has 23 heavy (non-hydrogen) atoms. The van der Waals surface area contributed by atoms with Crippen LogP contribution in [-0.2, 0) is 9.53 Å². The van der Waals surface area contributed by atoms with Crippen molar-refractivity contribution in [3.8, 4) is 5.75 Å². The summed E-state index contributed by atoms with van der Waals surface area (Å²) in [5, 5.41) is 3.83. The summed E-state index contributed by atoms with van der Waals surface area (Å²) in [6.45, 7) is 5.26. The second-order valence-electron chi connectivity index (χ2n) is 5.30. The van der Waals surface area contributed by atoms with Crippen LogP contribution in [0.2, 0.25) is 15.1 Å². The van der Waals surface area contributed by atoms with Crippen LogP contribution >= 0.6 is 34.8 Å². The first kappa shape index (κ1) is 18.6. The summed E-state index contributed by atoms with van der Waals surface area (Å²) in [6, 6.07) is 2.99. The zero-order valence-electron chi connectivity index (χ0n) is 12.7. The summed E-state index contributed by atoms with van der Waals surface area (Å²) < 4.78 is 10.7. The Kier molecular flexibility index (Phi) is 7.73. The average molecular weight is 383 g/mol. The first-order valence-electron chi connectivity index (χ1n) is 7.51. The van der Waals surface area contributed by atoms with Gasteiger partial charge in [0.2, 0.25) is 0 Å². The number of carbonyl (C=O) groups excluding carboxylic acids is 1. The number of hydrogen-bond donors (Lipinski definition) is 2. The van der Waals surface area contributed by atoms with Crippen LogP contribution < -0.4 is 15.0 Å². The van der Waals surface area contributed by atoms with Crippen molar-refractivity contribution in [1.82, 2.24) is 5.32 Å². The van der Waals surface area contributed by atoms with Gasteiger partial charge in [-0.3, -0.25) is 4.79 Å². The molecule has 2 N–H and O–H groups in total. The van der Waals surface area contributed by atoms with Crippen molar-refractivity contribution in [2.75, 3.05) is 46.0 Å². The van der Waals surface area contributed by atoms with E-state index in [4.69, 9.17) is 44.3 Å². The maximum atomic E-state index is 11.8. The summed E-state index contributed by atoms with van der Waals surface area (Å²) in [5.74, 6) is 0.151. The molecule has 0 unspecified atom stereocenters. The minimum atomic E-state index is -0.191. The van der Waals surface area contributed by atoms with E-state index in [-0.39, 0.29) is 12.5 Å². The lowest BCUT2D eigenvalue weighted by molar-refractivity contribution is -0.908. The van der Waals surface area contributed by atoms with Gasteiger partial charge in [0.15, 0.2) is 6.61 Å². The van der Waals surface area contributed by atoms with Gasteiger partial charge in [-0.15, -0.1) is 0 Å². The molecule has 0 aromatic heterocycles. The van der Waals surface area contributed by atoms with E-state index in [1.54, 1.807) is 0 Å². The molecule has 1 aromatic carbocycles. The molecule has 1 aromatic rings. The highest BCUT2D eigenvalue weighted by Crippen LogP contribution is 2.33. The highest BCUT2D eigenvalue weighted by molar-refractivity contribution is 6.43. The number of nitrogens with one attached hydrogen (secondary N) is 2. The van der Waals surface area contributed by atoms with Crippen LogP contribution in [0.4, 0.5) is 0 Å². The maximum Gasteiger partial charge on any atom is 0.257 e. The molecule has 1 fully saturated rings. The van der Waals surface area contributed by atoms with Gasteiger partial charge in [-0.1, -0.05) is 34.8 Å². The molecule has 0 radical (unpaired) electrons. The number of rotatable bonds is 7. The highest BCUT2D eigenvalue weighted by Gasteiger charge is 2.13. The van der Waals surface area contributed by atoms with Crippen LogP contribution in [0.5, 0.6) is 5.75 Å². The van der Waals surface area contributed by atoms with Gasteiger partial charge in [-0.25, -0.2) is 0 Å². The Labute approximate surface area is 150 Å². The summed E-state index contributed by atoms with van der Waals surface area (Å²) in [6.07, 6.45) is 0.925. The van der Waals surface area contributed by atoms with Crippen LogP contribution in [-0.4, -0.2) is 51.9 Å². The SMILES string of the molecule is O=C(COc1cc(Cl)c(Cl)cc1Cl)NCCC[NH+]1CCOCC1. The van der Waals surface area contributed by atoms with E-state index in [2.05, 4.69) is 5.32 Å². The van der Waals surface area contributed by atoms with Crippen LogP contribution in [0.3, 0.4) is 0 Å². The molecule has 8 heteroatoms. The van der Waals surface area contributed by atoms with Crippen molar-refractivity contribution in [3.63, 3.8) is 0 Å². The van der Waals surface area contributed by atoms with Gasteiger partial charge in [-0.2, -0.15) is 0 Å². The quantitative estimate of drug-likeness (QED) is 0.554. The molecule has 0 aliphatic carbocycles. The number of carbonyl (C=O) groups is 1. The lowest BCUT2D eigenvalue weighted by Crippen LogP contribution is -3.14. The monoisotopic (exact) mass is 381 g/mol. The summed E-state index contributed by atoms with van der Waals surface area (Å²) in [4.78, 5) is 13.3. The van der Waals surface area contributed by atoms with Crippen LogP contribution in [0.15, 0.2) is 12.1 Å². The van der Waals surface area contributed by atoms with Gasteiger partial charge in [0.1, 0.15) is 18.8 Å². The van der Waals surface area contributed by atoms with Crippen LogP contribution in [0.25, 0.3) is 0 Å². The van der Waals surface area contributed by atoms with Gasteiger partial charge in [0.05, 0.1) is 34.8 Å². The number of halogens is 3. The molecule has 1 amide bonds. The van der Waals surface area contributed by atoms with Crippen molar-refractivity contribution in [2.45, 2.75) is 6.42 Å². The first-order chi connectivity index (χ1) is 11.1. The molecular formula is C15H20Cl3N2O3+. The highest BCUT2D eigenvalue weighted by atomic mass is 35.5. The van der Waals surface area contributed by atoms with E-state index in [0.29, 0.717) is 27.4 Å². The predicted molar refractivity (Wildman–Crippen MR) is 91.0 cm³/mol.